The molecule has 1 aliphatic heterocycles. The number of carbonyl (C=O) groups is 1. The van der Waals surface area contributed by atoms with Crippen molar-refractivity contribution in [1.29, 1.82) is 0 Å². The van der Waals surface area contributed by atoms with Gasteiger partial charge in [0, 0.05) is 44.8 Å². The van der Waals surface area contributed by atoms with Crippen LogP contribution in [0.2, 0.25) is 0 Å². The van der Waals surface area contributed by atoms with Gasteiger partial charge in [0.1, 0.15) is 5.82 Å². The first-order valence-electron chi connectivity index (χ1n) is 7.92. The van der Waals surface area contributed by atoms with Gasteiger partial charge in [-0.05, 0) is 18.6 Å². The molecule has 7 heteroatoms. The molecular weight excluding hydrogens is 326 g/mol. The summed E-state index contributed by atoms with van der Waals surface area (Å²) in [4.78, 5) is 19.1. The quantitative estimate of drug-likeness (QED) is 0.882. The van der Waals surface area contributed by atoms with Gasteiger partial charge >= 0.3 is 0 Å². The van der Waals surface area contributed by atoms with E-state index in [2.05, 4.69) is 20.5 Å². The van der Waals surface area contributed by atoms with Crippen LogP contribution in [0.5, 0.6) is 0 Å². The molecule has 2 N–H and O–H groups in total. The minimum atomic E-state index is 0. The van der Waals surface area contributed by atoms with Crippen LogP contribution in [-0.4, -0.2) is 46.5 Å². The SMILES string of the molecule is Cc1ccccc1NC(=O)CN1CCNCC1c1nccn1C.Cl. The first-order chi connectivity index (χ1) is 11.1. The number of halogens is 1. The molecule has 1 saturated heterocycles. The topological polar surface area (TPSA) is 62.2 Å². The first-order valence-corrected chi connectivity index (χ1v) is 7.92. The highest BCUT2D eigenvalue weighted by molar-refractivity contribution is 5.93. The van der Waals surface area contributed by atoms with E-state index in [1.165, 1.54) is 0 Å². The molecule has 3 rings (SSSR count). The maximum Gasteiger partial charge on any atom is 0.238 e. The molecule has 1 aromatic heterocycles. The minimum absolute atomic E-state index is 0. The van der Waals surface area contributed by atoms with E-state index in [1.54, 1.807) is 6.20 Å². The van der Waals surface area contributed by atoms with E-state index in [-0.39, 0.29) is 24.4 Å². The molecule has 130 valence electrons. The highest BCUT2D eigenvalue weighted by Gasteiger charge is 2.28. The van der Waals surface area contributed by atoms with Crippen LogP contribution < -0.4 is 10.6 Å². The van der Waals surface area contributed by atoms with Crippen LogP contribution in [0.1, 0.15) is 17.4 Å². The molecule has 24 heavy (non-hydrogen) atoms. The lowest BCUT2D eigenvalue weighted by molar-refractivity contribution is -0.118. The zero-order valence-corrected chi connectivity index (χ0v) is 14.8. The summed E-state index contributed by atoms with van der Waals surface area (Å²) in [5.41, 5.74) is 1.95. The number of anilines is 1. The van der Waals surface area contributed by atoms with Gasteiger partial charge in [-0.15, -0.1) is 12.4 Å². The van der Waals surface area contributed by atoms with Crippen LogP contribution >= 0.6 is 12.4 Å². The van der Waals surface area contributed by atoms with Crippen LogP contribution in [-0.2, 0) is 11.8 Å². The number of nitrogens with zero attached hydrogens (tertiary/aromatic N) is 3. The monoisotopic (exact) mass is 349 g/mol. The predicted octanol–water partition coefficient (Wildman–Crippen LogP) is 1.74. The van der Waals surface area contributed by atoms with Gasteiger partial charge in [-0.2, -0.15) is 0 Å². The van der Waals surface area contributed by atoms with Crippen LogP contribution in [0.3, 0.4) is 0 Å². The minimum Gasteiger partial charge on any atom is -0.337 e. The maximum atomic E-state index is 12.4. The van der Waals surface area contributed by atoms with Crippen LogP contribution in [0.15, 0.2) is 36.7 Å². The smallest absolute Gasteiger partial charge is 0.238 e. The lowest BCUT2D eigenvalue weighted by atomic mass is 10.1. The number of nitrogens with one attached hydrogen (secondary N) is 2. The van der Waals surface area contributed by atoms with Crippen LogP contribution in [0.25, 0.3) is 0 Å². The molecule has 0 aliphatic carbocycles. The van der Waals surface area contributed by atoms with E-state index in [0.29, 0.717) is 6.54 Å². The third-order valence-corrected chi connectivity index (χ3v) is 4.28. The Morgan fingerprint density at radius 3 is 2.92 bits per heavy atom. The fourth-order valence-corrected chi connectivity index (χ4v) is 2.98. The number of benzene rings is 1. The van der Waals surface area contributed by atoms with Gasteiger partial charge in [0.2, 0.25) is 5.91 Å². The fourth-order valence-electron chi connectivity index (χ4n) is 2.98. The van der Waals surface area contributed by atoms with Crippen molar-refractivity contribution in [2.45, 2.75) is 13.0 Å². The average Bonchev–Trinajstić information content (AvgIpc) is 2.96. The Balaban J connectivity index is 0.00000208. The second-order valence-corrected chi connectivity index (χ2v) is 5.95. The molecule has 1 fully saturated rings. The molecule has 1 aromatic carbocycles. The van der Waals surface area contributed by atoms with Gasteiger partial charge in [-0.1, -0.05) is 18.2 Å². The summed E-state index contributed by atoms with van der Waals surface area (Å²) in [6.45, 7) is 4.89. The summed E-state index contributed by atoms with van der Waals surface area (Å²) in [6.07, 6.45) is 3.74. The van der Waals surface area contributed by atoms with E-state index in [1.807, 2.05) is 49.0 Å². The summed E-state index contributed by atoms with van der Waals surface area (Å²) in [6, 6.07) is 7.95. The molecule has 1 atom stereocenters. The van der Waals surface area contributed by atoms with E-state index in [9.17, 15) is 4.79 Å². The van der Waals surface area contributed by atoms with Crippen molar-refractivity contribution in [3.8, 4) is 0 Å². The van der Waals surface area contributed by atoms with Crippen molar-refractivity contribution in [2.24, 2.45) is 7.05 Å². The van der Waals surface area contributed by atoms with E-state index >= 15 is 0 Å². The molecule has 6 nitrogen and oxygen atoms in total. The van der Waals surface area contributed by atoms with E-state index < -0.39 is 0 Å². The summed E-state index contributed by atoms with van der Waals surface area (Å²) in [5, 5.41) is 6.40. The number of amides is 1. The highest BCUT2D eigenvalue weighted by atomic mass is 35.5. The Morgan fingerprint density at radius 1 is 1.42 bits per heavy atom. The first kappa shape index (κ1) is 18.4. The Hall–Kier alpha value is -1.89. The number of imidazole rings is 1. The normalized spacial score (nSPS) is 18.0. The molecule has 2 aromatic rings. The van der Waals surface area contributed by atoms with Crippen molar-refractivity contribution >= 4 is 24.0 Å². The van der Waals surface area contributed by atoms with E-state index in [4.69, 9.17) is 0 Å². The molecule has 0 spiro atoms. The number of para-hydroxylation sites is 1. The molecular formula is C17H24ClN5O. The average molecular weight is 350 g/mol. The Labute approximate surface area is 148 Å². The second kappa shape index (κ2) is 8.28. The molecule has 0 saturated carbocycles. The predicted molar refractivity (Wildman–Crippen MR) is 97.4 cm³/mol. The second-order valence-electron chi connectivity index (χ2n) is 5.95. The Bertz CT molecular complexity index is 687. The number of hydrogen-bond acceptors (Lipinski definition) is 4. The van der Waals surface area contributed by atoms with Crippen molar-refractivity contribution < 1.29 is 4.79 Å². The number of piperazine rings is 1. The lowest BCUT2D eigenvalue weighted by Crippen LogP contribution is -2.49. The van der Waals surface area contributed by atoms with Crippen molar-refractivity contribution in [1.82, 2.24) is 19.8 Å². The molecule has 2 heterocycles. The summed E-state index contributed by atoms with van der Waals surface area (Å²) >= 11 is 0. The highest BCUT2D eigenvalue weighted by Crippen LogP contribution is 2.20. The van der Waals surface area contributed by atoms with E-state index in [0.717, 1.165) is 36.7 Å². The molecule has 0 bridgehead atoms. The molecule has 1 unspecified atom stereocenters. The molecule has 1 amide bonds. The zero-order chi connectivity index (χ0) is 16.2. The number of carbonyl (C=O) groups excluding carboxylic acids is 1. The summed E-state index contributed by atoms with van der Waals surface area (Å²) in [5.74, 6) is 1.00. The third kappa shape index (κ3) is 4.14. The van der Waals surface area contributed by atoms with Gasteiger partial charge in [-0.3, -0.25) is 9.69 Å². The maximum absolute atomic E-state index is 12.4. The number of aromatic nitrogens is 2. The standard InChI is InChI=1S/C17H23N5O.ClH/c1-13-5-3-4-6-14(13)20-16(23)12-22-10-7-18-11-15(22)17-19-8-9-21(17)2;/h3-6,8-9,15,18H,7,10-12H2,1-2H3,(H,20,23);1H. The van der Waals surface area contributed by atoms with Crippen molar-refractivity contribution in [2.75, 3.05) is 31.5 Å². The van der Waals surface area contributed by atoms with Gasteiger partial charge in [-0.25, -0.2) is 4.98 Å². The van der Waals surface area contributed by atoms with Crippen LogP contribution in [0.4, 0.5) is 5.69 Å². The summed E-state index contributed by atoms with van der Waals surface area (Å²) in [7, 11) is 1.99. The Morgan fingerprint density at radius 2 is 2.21 bits per heavy atom. The van der Waals surface area contributed by atoms with Gasteiger partial charge in [0.25, 0.3) is 0 Å². The van der Waals surface area contributed by atoms with Crippen molar-refractivity contribution in [3.05, 3.63) is 48.0 Å². The largest absolute Gasteiger partial charge is 0.337 e. The molecule has 0 radical (unpaired) electrons. The zero-order valence-electron chi connectivity index (χ0n) is 14.0. The number of rotatable bonds is 4. The van der Waals surface area contributed by atoms with Gasteiger partial charge < -0.3 is 15.2 Å². The Kier molecular flexibility index (Phi) is 6.36. The summed E-state index contributed by atoms with van der Waals surface area (Å²) < 4.78 is 2.02. The van der Waals surface area contributed by atoms with Crippen LogP contribution in [0, 0.1) is 6.92 Å². The van der Waals surface area contributed by atoms with Crippen molar-refractivity contribution in [3.63, 3.8) is 0 Å². The van der Waals surface area contributed by atoms with Gasteiger partial charge in [0.15, 0.2) is 0 Å². The van der Waals surface area contributed by atoms with Gasteiger partial charge in [0.05, 0.1) is 12.6 Å². The number of hydrogen-bond donors (Lipinski definition) is 2. The lowest BCUT2D eigenvalue weighted by Gasteiger charge is -2.35. The third-order valence-electron chi connectivity index (χ3n) is 4.28. The molecule has 1 aliphatic rings. The number of aryl methyl sites for hydroxylation is 2. The fraction of sp³-hybridized carbons (Fsp3) is 0.412.